The van der Waals surface area contributed by atoms with Gasteiger partial charge in [0.1, 0.15) is 5.82 Å². The minimum Gasteiger partial charge on any atom is -0.315 e. The molecule has 0 aliphatic carbocycles. The standard InChI is InChI=1S/C24H29ClN4O2/c1-4-6-9-15-29(24(31)26-19-12-10-11-18(25)16-19)17(3)22-27-21-14-8-7-13-20(21)23(30)28(22)5-2/h7-8,10-14,16-17H,4-6,9,15H2,1-3H3,(H,26,31). The quantitative estimate of drug-likeness (QED) is 0.446. The van der Waals surface area contributed by atoms with Gasteiger partial charge >= 0.3 is 6.03 Å². The van der Waals surface area contributed by atoms with E-state index in [1.165, 1.54) is 0 Å². The van der Waals surface area contributed by atoms with Crippen LogP contribution >= 0.6 is 11.6 Å². The molecule has 1 aromatic heterocycles. The van der Waals surface area contributed by atoms with Gasteiger partial charge in [-0.3, -0.25) is 9.36 Å². The number of amides is 2. The van der Waals surface area contributed by atoms with Gasteiger partial charge in [0, 0.05) is 23.8 Å². The largest absolute Gasteiger partial charge is 0.322 e. The van der Waals surface area contributed by atoms with Crippen LogP contribution < -0.4 is 10.9 Å². The summed E-state index contributed by atoms with van der Waals surface area (Å²) in [7, 11) is 0. The van der Waals surface area contributed by atoms with Crippen LogP contribution in [0.1, 0.15) is 51.9 Å². The number of nitrogens with one attached hydrogen (secondary N) is 1. The first-order valence-corrected chi connectivity index (χ1v) is 11.2. The van der Waals surface area contributed by atoms with Crippen molar-refractivity contribution in [3.63, 3.8) is 0 Å². The van der Waals surface area contributed by atoms with Gasteiger partial charge in [-0.15, -0.1) is 0 Å². The van der Waals surface area contributed by atoms with Crippen molar-refractivity contribution in [1.29, 1.82) is 0 Å². The van der Waals surface area contributed by atoms with E-state index in [1.807, 2.05) is 32.0 Å². The molecular weight excluding hydrogens is 412 g/mol. The van der Waals surface area contributed by atoms with E-state index in [0.717, 1.165) is 19.3 Å². The lowest BCUT2D eigenvalue weighted by atomic mass is 10.1. The molecule has 0 saturated carbocycles. The van der Waals surface area contributed by atoms with Crippen molar-refractivity contribution in [3.8, 4) is 0 Å². The summed E-state index contributed by atoms with van der Waals surface area (Å²) in [5.41, 5.74) is 1.19. The molecule has 3 rings (SSSR count). The molecule has 0 radical (unpaired) electrons. The summed E-state index contributed by atoms with van der Waals surface area (Å²) >= 11 is 6.07. The second-order valence-electron chi connectivity index (χ2n) is 7.55. The molecule has 1 heterocycles. The molecule has 0 fully saturated rings. The second kappa shape index (κ2) is 10.4. The van der Waals surface area contributed by atoms with Crippen LogP contribution in [0.25, 0.3) is 10.9 Å². The molecule has 0 bridgehead atoms. The van der Waals surface area contributed by atoms with Crippen LogP contribution in [0.2, 0.25) is 5.02 Å². The van der Waals surface area contributed by atoms with Crippen LogP contribution in [0.15, 0.2) is 53.3 Å². The highest BCUT2D eigenvalue weighted by Crippen LogP contribution is 2.23. The number of aromatic nitrogens is 2. The summed E-state index contributed by atoms with van der Waals surface area (Å²) in [6.07, 6.45) is 2.93. The monoisotopic (exact) mass is 440 g/mol. The number of urea groups is 1. The highest BCUT2D eigenvalue weighted by molar-refractivity contribution is 6.30. The van der Waals surface area contributed by atoms with E-state index in [9.17, 15) is 9.59 Å². The maximum atomic E-state index is 13.2. The third-order valence-corrected chi connectivity index (χ3v) is 5.62. The molecule has 1 unspecified atom stereocenters. The Kier molecular flexibility index (Phi) is 7.69. The van der Waals surface area contributed by atoms with Crippen molar-refractivity contribution >= 4 is 34.2 Å². The fourth-order valence-corrected chi connectivity index (χ4v) is 3.90. The van der Waals surface area contributed by atoms with E-state index in [2.05, 4.69) is 12.2 Å². The number of anilines is 1. The Morgan fingerprint density at radius 2 is 1.94 bits per heavy atom. The molecule has 2 aromatic carbocycles. The average molecular weight is 441 g/mol. The van der Waals surface area contributed by atoms with Gasteiger partial charge in [0.25, 0.3) is 5.56 Å². The fraction of sp³-hybridized carbons (Fsp3) is 0.375. The van der Waals surface area contributed by atoms with Crippen LogP contribution in [-0.2, 0) is 6.54 Å². The van der Waals surface area contributed by atoms with Gasteiger partial charge in [-0.05, 0) is 50.6 Å². The average Bonchev–Trinajstić information content (AvgIpc) is 2.76. The van der Waals surface area contributed by atoms with E-state index >= 15 is 0 Å². The van der Waals surface area contributed by atoms with E-state index in [1.54, 1.807) is 39.8 Å². The van der Waals surface area contributed by atoms with Gasteiger partial charge in [-0.25, -0.2) is 9.78 Å². The number of rotatable bonds is 8. The molecule has 164 valence electrons. The molecular formula is C24H29ClN4O2. The number of carbonyl (C=O) groups excluding carboxylic acids is 1. The molecule has 0 aliphatic rings. The van der Waals surface area contributed by atoms with Crippen molar-refractivity contribution in [2.45, 2.75) is 52.6 Å². The summed E-state index contributed by atoms with van der Waals surface area (Å²) in [5, 5.41) is 4.08. The number of halogens is 1. The molecule has 2 amide bonds. The lowest BCUT2D eigenvalue weighted by Gasteiger charge is -2.30. The highest BCUT2D eigenvalue weighted by atomic mass is 35.5. The molecule has 3 aromatic rings. The summed E-state index contributed by atoms with van der Waals surface area (Å²) < 4.78 is 1.66. The normalized spacial score (nSPS) is 12.0. The molecule has 1 atom stereocenters. The van der Waals surface area contributed by atoms with Gasteiger partial charge < -0.3 is 10.2 Å². The van der Waals surface area contributed by atoms with E-state index in [0.29, 0.717) is 40.5 Å². The summed E-state index contributed by atoms with van der Waals surface area (Å²) in [5.74, 6) is 0.587. The van der Waals surface area contributed by atoms with Gasteiger partial charge in [0.2, 0.25) is 0 Å². The predicted molar refractivity (Wildman–Crippen MR) is 127 cm³/mol. The molecule has 7 heteroatoms. The third kappa shape index (κ3) is 5.25. The molecule has 0 aliphatic heterocycles. The highest BCUT2D eigenvalue weighted by Gasteiger charge is 2.26. The van der Waals surface area contributed by atoms with E-state index < -0.39 is 0 Å². The minimum absolute atomic E-state index is 0.0845. The fourth-order valence-electron chi connectivity index (χ4n) is 3.71. The van der Waals surface area contributed by atoms with E-state index in [-0.39, 0.29) is 17.6 Å². The Hall–Kier alpha value is -2.86. The topological polar surface area (TPSA) is 67.2 Å². The van der Waals surface area contributed by atoms with Crippen LogP contribution in [0.5, 0.6) is 0 Å². The summed E-state index contributed by atoms with van der Waals surface area (Å²) in [6.45, 7) is 7.01. The summed E-state index contributed by atoms with van der Waals surface area (Å²) in [6, 6.07) is 13.8. The number of unbranched alkanes of at least 4 members (excludes halogenated alkanes) is 2. The first-order valence-electron chi connectivity index (χ1n) is 10.8. The smallest absolute Gasteiger partial charge is 0.315 e. The third-order valence-electron chi connectivity index (χ3n) is 5.39. The van der Waals surface area contributed by atoms with Crippen molar-refractivity contribution in [1.82, 2.24) is 14.5 Å². The number of fused-ring (bicyclic) bond motifs is 1. The number of carbonyl (C=O) groups is 1. The van der Waals surface area contributed by atoms with Gasteiger partial charge in [0.05, 0.1) is 16.9 Å². The molecule has 31 heavy (non-hydrogen) atoms. The lowest BCUT2D eigenvalue weighted by molar-refractivity contribution is 0.186. The molecule has 0 spiro atoms. The zero-order valence-electron chi connectivity index (χ0n) is 18.3. The zero-order chi connectivity index (χ0) is 22.4. The van der Waals surface area contributed by atoms with Gasteiger partial charge in [0.15, 0.2) is 0 Å². The number of benzene rings is 2. The molecule has 6 nitrogen and oxygen atoms in total. The Labute approximate surface area is 187 Å². The maximum Gasteiger partial charge on any atom is 0.322 e. The van der Waals surface area contributed by atoms with Crippen molar-refractivity contribution in [3.05, 3.63) is 69.7 Å². The maximum absolute atomic E-state index is 13.2. The first kappa shape index (κ1) is 22.8. The number of nitrogens with zero attached hydrogens (tertiary/aromatic N) is 3. The Morgan fingerprint density at radius 3 is 2.65 bits per heavy atom. The minimum atomic E-state index is -0.381. The lowest BCUT2D eigenvalue weighted by Crippen LogP contribution is -2.40. The Morgan fingerprint density at radius 1 is 1.16 bits per heavy atom. The van der Waals surface area contributed by atoms with Crippen LogP contribution in [0.3, 0.4) is 0 Å². The van der Waals surface area contributed by atoms with Crippen LogP contribution in [0.4, 0.5) is 10.5 Å². The second-order valence-corrected chi connectivity index (χ2v) is 7.99. The Balaban J connectivity index is 1.98. The number of hydrogen-bond donors (Lipinski definition) is 1. The predicted octanol–water partition coefficient (Wildman–Crippen LogP) is 5.86. The SMILES string of the molecule is CCCCCN(C(=O)Nc1cccc(Cl)c1)C(C)c1nc2ccccc2c(=O)n1CC. The van der Waals surface area contributed by atoms with Crippen molar-refractivity contribution in [2.24, 2.45) is 0 Å². The van der Waals surface area contributed by atoms with Crippen LogP contribution in [-0.4, -0.2) is 27.0 Å². The van der Waals surface area contributed by atoms with Gasteiger partial charge in [-0.1, -0.05) is 49.6 Å². The number of hydrogen-bond acceptors (Lipinski definition) is 3. The molecule has 0 saturated heterocycles. The van der Waals surface area contributed by atoms with E-state index in [4.69, 9.17) is 16.6 Å². The van der Waals surface area contributed by atoms with Gasteiger partial charge in [-0.2, -0.15) is 0 Å². The van der Waals surface area contributed by atoms with Crippen LogP contribution in [0, 0.1) is 0 Å². The molecule has 1 N–H and O–H groups in total. The summed E-state index contributed by atoms with van der Waals surface area (Å²) in [4.78, 5) is 32.8. The van der Waals surface area contributed by atoms with Crippen molar-refractivity contribution < 1.29 is 4.79 Å². The first-order chi connectivity index (χ1) is 15.0. The Bertz CT molecular complexity index is 1110. The van der Waals surface area contributed by atoms with Crippen molar-refractivity contribution in [2.75, 3.05) is 11.9 Å². The zero-order valence-corrected chi connectivity index (χ0v) is 19.0. The number of para-hydroxylation sites is 1.